The summed E-state index contributed by atoms with van der Waals surface area (Å²) in [6, 6.07) is 0. The van der Waals surface area contributed by atoms with Gasteiger partial charge in [0.05, 0.1) is 0 Å². The first-order valence-electron chi connectivity index (χ1n) is 6.82. The Morgan fingerprint density at radius 2 is 2.12 bits per heavy atom. The number of rotatable bonds is 4. The van der Waals surface area contributed by atoms with E-state index >= 15 is 0 Å². The predicted octanol–water partition coefficient (Wildman–Crippen LogP) is 1.51. The van der Waals surface area contributed by atoms with Crippen LogP contribution in [0.1, 0.15) is 25.7 Å². The van der Waals surface area contributed by atoms with Crippen LogP contribution in [0.3, 0.4) is 0 Å². The van der Waals surface area contributed by atoms with Gasteiger partial charge in [-0.15, -0.1) is 6.58 Å². The summed E-state index contributed by atoms with van der Waals surface area (Å²) >= 11 is 0. The van der Waals surface area contributed by atoms with Crippen LogP contribution in [0.4, 0.5) is 0 Å². The van der Waals surface area contributed by atoms with E-state index in [0.717, 1.165) is 38.5 Å². The van der Waals surface area contributed by atoms with Crippen molar-refractivity contribution in [3.8, 4) is 0 Å². The molecule has 3 rings (SSSR count). The average Bonchev–Trinajstić information content (AvgIpc) is 2.94. The van der Waals surface area contributed by atoms with Crippen molar-refractivity contribution < 1.29 is 4.79 Å². The van der Waals surface area contributed by atoms with Crippen LogP contribution in [0.5, 0.6) is 0 Å². The van der Waals surface area contributed by atoms with Gasteiger partial charge in [-0.05, 0) is 31.7 Å². The molecule has 0 radical (unpaired) electrons. The molecule has 0 bridgehead atoms. The SMILES string of the molecule is C=CCN1CCC2(C1)CN(C(=O)CC1CC1)C2. The fraction of sp³-hybridized carbons (Fsp3) is 0.786. The molecule has 0 aromatic heterocycles. The van der Waals surface area contributed by atoms with Crippen molar-refractivity contribution >= 4 is 5.91 Å². The largest absolute Gasteiger partial charge is 0.341 e. The summed E-state index contributed by atoms with van der Waals surface area (Å²) < 4.78 is 0. The maximum atomic E-state index is 11.9. The molecule has 3 nitrogen and oxygen atoms in total. The van der Waals surface area contributed by atoms with Crippen LogP contribution in [0.15, 0.2) is 12.7 Å². The molecule has 3 aliphatic rings. The van der Waals surface area contributed by atoms with Gasteiger partial charge in [0.1, 0.15) is 0 Å². The zero-order chi connectivity index (χ0) is 11.9. The zero-order valence-corrected chi connectivity index (χ0v) is 10.5. The molecule has 1 spiro atoms. The Labute approximate surface area is 103 Å². The molecule has 1 amide bonds. The third kappa shape index (κ3) is 2.25. The van der Waals surface area contributed by atoms with Gasteiger partial charge >= 0.3 is 0 Å². The highest BCUT2D eigenvalue weighted by Crippen LogP contribution is 2.41. The summed E-state index contributed by atoms with van der Waals surface area (Å²) in [6.07, 6.45) is 6.60. The molecule has 0 atom stereocenters. The van der Waals surface area contributed by atoms with Crippen LogP contribution in [-0.2, 0) is 4.79 Å². The third-order valence-corrected chi connectivity index (χ3v) is 4.47. The molecule has 0 unspecified atom stereocenters. The Balaban J connectivity index is 1.47. The van der Waals surface area contributed by atoms with Crippen molar-refractivity contribution in [3.05, 3.63) is 12.7 Å². The van der Waals surface area contributed by atoms with Crippen LogP contribution in [0.25, 0.3) is 0 Å². The Hall–Kier alpha value is -0.830. The first-order chi connectivity index (χ1) is 8.21. The summed E-state index contributed by atoms with van der Waals surface area (Å²) in [4.78, 5) is 16.5. The van der Waals surface area contributed by atoms with Gasteiger partial charge in [-0.2, -0.15) is 0 Å². The standard InChI is InChI=1S/C14H22N2O/c1-2-6-15-7-5-14(9-15)10-16(11-14)13(17)8-12-3-4-12/h2,12H,1,3-11H2. The van der Waals surface area contributed by atoms with E-state index in [1.807, 2.05) is 6.08 Å². The average molecular weight is 234 g/mol. The molecule has 3 heteroatoms. The van der Waals surface area contributed by atoms with E-state index in [0.29, 0.717) is 11.3 Å². The molecule has 0 N–H and O–H groups in total. The van der Waals surface area contributed by atoms with Crippen molar-refractivity contribution in [1.29, 1.82) is 0 Å². The van der Waals surface area contributed by atoms with Gasteiger partial charge in [0.25, 0.3) is 0 Å². The highest BCUT2D eigenvalue weighted by atomic mass is 16.2. The lowest BCUT2D eigenvalue weighted by atomic mass is 9.79. The third-order valence-electron chi connectivity index (χ3n) is 4.47. The summed E-state index contributed by atoms with van der Waals surface area (Å²) in [5, 5.41) is 0. The molecule has 17 heavy (non-hydrogen) atoms. The molecule has 3 fully saturated rings. The monoisotopic (exact) mass is 234 g/mol. The van der Waals surface area contributed by atoms with Crippen molar-refractivity contribution in [2.24, 2.45) is 11.3 Å². The number of hydrogen-bond acceptors (Lipinski definition) is 2. The topological polar surface area (TPSA) is 23.6 Å². The van der Waals surface area contributed by atoms with E-state index in [9.17, 15) is 4.79 Å². The molecule has 1 saturated carbocycles. The van der Waals surface area contributed by atoms with E-state index < -0.39 is 0 Å². The van der Waals surface area contributed by atoms with Gasteiger partial charge in [-0.3, -0.25) is 9.69 Å². The fourth-order valence-corrected chi connectivity index (χ4v) is 3.26. The van der Waals surface area contributed by atoms with Crippen LogP contribution < -0.4 is 0 Å². The summed E-state index contributed by atoms with van der Waals surface area (Å²) in [7, 11) is 0. The molecule has 2 heterocycles. The molecule has 1 aliphatic carbocycles. The van der Waals surface area contributed by atoms with Gasteiger partial charge in [-0.25, -0.2) is 0 Å². The Morgan fingerprint density at radius 1 is 1.35 bits per heavy atom. The number of likely N-dealkylation sites (tertiary alicyclic amines) is 2. The Bertz CT molecular complexity index is 329. The molecular weight excluding hydrogens is 212 g/mol. The number of carbonyl (C=O) groups excluding carboxylic acids is 1. The van der Waals surface area contributed by atoms with Crippen LogP contribution >= 0.6 is 0 Å². The summed E-state index contributed by atoms with van der Waals surface area (Å²) in [5.41, 5.74) is 0.433. The number of carbonyl (C=O) groups is 1. The van der Waals surface area contributed by atoms with Gasteiger partial charge in [0.15, 0.2) is 0 Å². The lowest BCUT2D eigenvalue weighted by Crippen LogP contribution is -2.59. The van der Waals surface area contributed by atoms with Gasteiger partial charge < -0.3 is 4.90 Å². The predicted molar refractivity (Wildman–Crippen MR) is 67.6 cm³/mol. The molecule has 2 aliphatic heterocycles. The summed E-state index contributed by atoms with van der Waals surface area (Å²) in [6.45, 7) is 9.14. The smallest absolute Gasteiger partial charge is 0.222 e. The van der Waals surface area contributed by atoms with Crippen molar-refractivity contribution in [3.63, 3.8) is 0 Å². The van der Waals surface area contributed by atoms with Crippen LogP contribution in [0.2, 0.25) is 0 Å². The lowest BCUT2D eigenvalue weighted by molar-refractivity contribution is -0.143. The highest BCUT2D eigenvalue weighted by Gasteiger charge is 2.49. The number of amides is 1. The minimum atomic E-state index is 0.403. The second-order valence-corrected chi connectivity index (χ2v) is 6.17. The Kier molecular flexibility index (Phi) is 2.74. The molecular formula is C14H22N2O. The van der Waals surface area contributed by atoms with Crippen molar-refractivity contribution in [1.82, 2.24) is 9.80 Å². The van der Waals surface area contributed by atoms with Crippen LogP contribution in [0, 0.1) is 11.3 Å². The zero-order valence-electron chi connectivity index (χ0n) is 10.5. The first-order valence-corrected chi connectivity index (χ1v) is 6.82. The summed E-state index contributed by atoms with van der Waals surface area (Å²) in [5.74, 6) is 1.13. The normalized spacial score (nSPS) is 27.2. The highest BCUT2D eigenvalue weighted by molar-refractivity contribution is 5.77. The maximum Gasteiger partial charge on any atom is 0.222 e. The minimum absolute atomic E-state index is 0.403. The molecule has 0 aromatic rings. The van der Waals surface area contributed by atoms with Gasteiger partial charge in [0, 0.05) is 38.0 Å². The molecule has 2 saturated heterocycles. The van der Waals surface area contributed by atoms with Crippen LogP contribution in [-0.4, -0.2) is 48.4 Å². The fourth-order valence-electron chi connectivity index (χ4n) is 3.26. The van der Waals surface area contributed by atoms with Gasteiger partial charge in [-0.1, -0.05) is 6.08 Å². The molecule has 94 valence electrons. The van der Waals surface area contributed by atoms with Crippen molar-refractivity contribution in [2.45, 2.75) is 25.7 Å². The number of nitrogens with zero attached hydrogens (tertiary/aromatic N) is 2. The van der Waals surface area contributed by atoms with E-state index in [1.165, 1.54) is 25.8 Å². The quantitative estimate of drug-likeness (QED) is 0.688. The molecule has 0 aromatic carbocycles. The van der Waals surface area contributed by atoms with E-state index in [-0.39, 0.29) is 0 Å². The van der Waals surface area contributed by atoms with E-state index in [2.05, 4.69) is 16.4 Å². The second-order valence-electron chi connectivity index (χ2n) is 6.17. The lowest BCUT2D eigenvalue weighted by Gasteiger charge is -2.48. The minimum Gasteiger partial charge on any atom is -0.341 e. The van der Waals surface area contributed by atoms with Gasteiger partial charge in [0.2, 0.25) is 5.91 Å². The Morgan fingerprint density at radius 3 is 2.76 bits per heavy atom. The van der Waals surface area contributed by atoms with E-state index in [1.54, 1.807) is 0 Å². The maximum absolute atomic E-state index is 11.9. The first kappa shape index (κ1) is 11.3. The number of hydrogen-bond donors (Lipinski definition) is 0. The van der Waals surface area contributed by atoms with Crippen molar-refractivity contribution in [2.75, 3.05) is 32.7 Å². The second kappa shape index (κ2) is 4.13. The van der Waals surface area contributed by atoms with E-state index in [4.69, 9.17) is 0 Å².